The van der Waals surface area contributed by atoms with Gasteiger partial charge in [-0.3, -0.25) is 4.79 Å². The Bertz CT molecular complexity index is 738. The molecule has 1 atom stereocenters. The molecule has 2 N–H and O–H groups in total. The third-order valence-electron chi connectivity index (χ3n) is 3.72. The van der Waals surface area contributed by atoms with Crippen molar-refractivity contribution in [1.82, 2.24) is 15.5 Å². The Hall–Kier alpha value is -2.42. The lowest BCUT2D eigenvalue weighted by atomic mass is 9.94. The van der Waals surface area contributed by atoms with E-state index in [1.807, 2.05) is 0 Å². The maximum atomic E-state index is 12.6. The molecular weight excluding hydrogens is 364 g/mol. The summed E-state index contributed by atoms with van der Waals surface area (Å²) in [5.41, 5.74) is 1.75. The lowest BCUT2D eigenvalue weighted by molar-refractivity contribution is -0.125. The highest BCUT2D eigenvalue weighted by Crippen LogP contribution is 2.35. The maximum absolute atomic E-state index is 12.6. The summed E-state index contributed by atoms with van der Waals surface area (Å²) in [6, 6.07) is 4.02. The summed E-state index contributed by atoms with van der Waals surface area (Å²) >= 11 is 5.20. The van der Waals surface area contributed by atoms with E-state index in [4.69, 9.17) is 17.0 Å². The maximum Gasteiger partial charge on any atom is 0.387 e. The molecule has 9 heteroatoms. The lowest BCUT2D eigenvalue weighted by Gasteiger charge is -2.32. The van der Waals surface area contributed by atoms with Gasteiger partial charge in [0, 0.05) is 19.8 Å². The molecule has 2 rings (SSSR count). The smallest absolute Gasteiger partial charge is 0.387 e. The first-order valence-corrected chi connectivity index (χ1v) is 8.36. The lowest BCUT2D eigenvalue weighted by Crippen LogP contribution is -2.46. The van der Waals surface area contributed by atoms with Crippen molar-refractivity contribution in [2.24, 2.45) is 0 Å². The van der Waals surface area contributed by atoms with E-state index in [-0.39, 0.29) is 24.0 Å². The standard InChI is InChI=1S/C17H21F2N3O3S/c1-5-24-12-8-10(6-7-11(12)25-16(18)19)14-13(15(23)22(3)4)9(2)20-17(26)21-14/h6-8,14,16H,5H2,1-4H3,(H2,20,21,26)/t14-/m1/s1. The number of allylic oxidation sites excluding steroid dienone is 1. The fraction of sp³-hybridized carbons (Fsp3) is 0.412. The van der Waals surface area contributed by atoms with E-state index in [9.17, 15) is 13.6 Å². The molecule has 0 fully saturated rings. The van der Waals surface area contributed by atoms with Gasteiger partial charge in [0.2, 0.25) is 0 Å². The number of rotatable bonds is 6. The van der Waals surface area contributed by atoms with Gasteiger partial charge in [-0.05, 0) is 43.8 Å². The molecule has 142 valence electrons. The normalized spacial score (nSPS) is 16.9. The number of thiocarbonyl (C=S) groups is 1. The number of carbonyl (C=O) groups is 1. The summed E-state index contributed by atoms with van der Waals surface area (Å²) < 4.78 is 35.1. The van der Waals surface area contributed by atoms with Crippen LogP contribution < -0.4 is 20.1 Å². The van der Waals surface area contributed by atoms with Gasteiger partial charge in [-0.2, -0.15) is 8.78 Å². The van der Waals surface area contributed by atoms with Gasteiger partial charge in [0.05, 0.1) is 18.2 Å². The van der Waals surface area contributed by atoms with Crippen LogP contribution in [0.1, 0.15) is 25.5 Å². The van der Waals surface area contributed by atoms with E-state index in [1.165, 1.54) is 11.0 Å². The third kappa shape index (κ3) is 4.40. The summed E-state index contributed by atoms with van der Waals surface area (Å²) in [5, 5.41) is 6.36. The first-order chi connectivity index (χ1) is 12.2. The summed E-state index contributed by atoms with van der Waals surface area (Å²) in [6.45, 7) is 0.813. The molecule has 1 aromatic carbocycles. The van der Waals surface area contributed by atoms with Crippen LogP contribution in [0.5, 0.6) is 11.5 Å². The number of likely N-dealkylation sites (N-methyl/N-ethyl adjacent to an activating group) is 1. The minimum Gasteiger partial charge on any atom is -0.490 e. The molecule has 6 nitrogen and oxygen atoms in total. The van der Waals surface area contributed by atoms with Crippen LogP contribution in [0.25, 0.3) is 0 Å². The molecule has 1 aliphatic heterocycles. The van der Waals surface area contributed by atoms with Crippen molar-refractivity contribution in [3.8, 4) is 11.5 Å². The Kier molecular flexibility index (Phi) is 6.36. The van der Waals surface area contributed by atoms with E-state index >= 15 is 0 Å². The second-order valence-corrected chi connectivity index (χ2v) is 6.20. The monoisotopic (exact) mass is 385 g/mol. The van der Waals surface area contributed by atoms with Crippen LogP contribution >= 0.6 is 12.2 Å². The van der Waals surface area contributed by atoms with E-state index in [0.717, 1.165) is 0 Å². The van der Waals surface area contributed by atoms with Gasteiger partial charge in [-0.1, -0.05) is 6.07 Å². The number of nitrogens with zero attached hydrogens (tertiary/aromatic N) is 1. The highest BCUT2D eigenvalue weighted by atomic mass is 32.1. The van der Waals surface area contributed by atoms with Crippen molar-refractivity contribution in [3.63, 3.8) is 0 Å². The molecule has 1 amide bonds. The fourth-order valence-corrected chi connectivity index (χ4v) is 2.91. The molecule has 0 unspecified atom stereocenters. The average Bonchev–Trinajstić information content (AvgIpc) is 2.55. The Morgan fingerprint density at radius 2 is 2.04 bits per heavy atom. The van der Waals surface area contributed by atoms with E-state index in [0.29, 0.717) is 21.9 Å². The van der Waals surface area contributed by atoms with Crippen LogP contribution in [0, 0.1) is 0 Å². The highest BCUT2D eigenvalue weighted by Gasteiger charge is 2.31. The molecule has 0 saturated heterocycles. The zero-order valence-corrected chi connectivity index (χ0v) is 15.7. The molecule has 0 spiro atoms. The average molecular weight is 385 g/mol. The largest absolute Gasteiger partial charge is 0.490 e. The summed E-state index contributed by atoms with van der Waals surface area (Å²) in [5.74, 6) is -0.0879. The number of hydrogen-bond acceptors (Lipinski definition) is 4. The number of nitrogens with one attached hydrogen (secondary N) is 2. The second-order valence-electron chi connectivity index (χ2n) is 5.79. The molecule has 0 saturated carbocycles. The Morgan fingerprint density at radius 3 is 2.62 bits per heavy atom. The topological polar surface area (TPSA) is 62.8 Å². The first kappa shape index (κ1) is 19.9. The Balaban J connectivity index is 2.49. The number of amides is 1. The second kappa shape index (κ2) is 8.31. The number of benzene rings is 1. The predicted molar refractivity (Wildman–Crippen MR) is 97.2 cm³/mol. The summed E-state index contributed by atoms with van der Waals surface area (Å²) in [7, 11) is 3.30. The van der Waals surface area contributed by atoms with Crippen LogP contribution in [-0.4, -0.2) is 43.2 Å². The number of halogens is 2. The predicted octanol–water partition coefficient (Wildman–Crippen LogP) is 2.57. The van der Waals surface area contributed by atoms with Crippen LogP contribution in [0.15, 0.2) is 29.5 Å². The first-order valence-electron chi connectivity index (χ1n) is 7.96. The molecule has 1 aliphatic rings. The molecule has 0 aromatic heterocycles. The summed E-state index contributed by atoms with van der Waals surface area (Å²) in [4.78, 5) is 14.1. The van der Waals surface area contributed by atoms with Gasteiger partial charge in [0.1, 0.15) is 0 Å². The highest BCUT2D eigenvalue weighted by molar-refractivity contribution is 7.80. The van der Waals surface area contributed by atoms with Gasteiger partial charge in [0.25, 0.3) is 5.91 Å². The van der Waals surface area contributed by atoms with Crippen molar-refractivity contribution in [2.45, 2.75) is 26.5 Å². The van der Waals surface area contributed by atoms with Crippen LogP contribution in [-0.2, 0) is 4.79 Å². The Labute approximate surface area is 156 Å². The fourth-order valence-electron chi connectivity index (χ4n) is 2.63. The molecule has 0 bridgehead atoms. The SMILES string of the molecule is CCOc1cc([C@H]2NC(=S)NC(C)=C2C(=O)N(C)C)ccc1OC(F)F. The van der Waals surface area contributed by atoms with E-state index in [2.05, 4.69) is 15.4 Å². The number of carbonyl (C=O) groups excluding carboxylic acids is 1. The Morgan fingerprint density at radius 1 is 1.35 bits per heavy atom. The number of alkyl halides is 2. The molecule has 0 aliphatic carbocycles. The van der Waals surface area contributed by atoms with Gasteiger partial charge in [-0.15, -0.1) is 0 Å². The third-order valence-corrected chi connectivity index (χ3v) is 3.94. The molecule has 1 heterocycles. The van der Waals surface area contributed by atoms with Gasteiger partial charge >= 0.3 is 6.61 Å². The quantitative estimate of drug-likeness (QED) is 0.734. The van der Waals surface area contributed by atoms with Gasteiger partial charge in [0.15, 0.2) is 16.6 Å². The minimum absolute atomic E-state index is 0.0664. The van der Waals surface area contributed by atoms with Crippen molar-refractivity contribution in [1.29, 1.82) is 0 Å². The van der Waals surface area contributed by atoms with Crippen molar-refractivity contribution in [2.75, 3.05) is 20.7 Å². The summed E-state index contributed by atoms with van der Waals surface area (Å²) in [6.07, 6.45) is 0. The zero-order valence-electron chi connectivity index (χ0n) is 14.9. The molecular formula is C17H21F2N3O3S. The van der Waals surface area contributed by atoms with Crippen LogP contribution in [0.3, 0.4) is 0 Å². The molecule has 1 aromatic rings. The van der Waals surface area contributed by atoms with Crippen LogP contribution in [0.4, 0.5) is 8.78 Å². The minimum atomic E-state index is -2.96. The molecule has 26 heavy (non-hydrogen) atoms. The van der Waals surface area contributed by atoms with Crippen molar-refractivity contribution < 1.29 is 23.0 Å². The van der Waals surface area contributed by atoms with Crippen LogP contribution in [0.2, 0.25) is 0 Å². The van der Waals surface area contributed by atoms with E-state index in [1.54, 1.807) is 40.1 Å². The van der Waals surface area contributed by atoms with Crippen molar-refractivity contribution >= 4 is 23.2 Å². The number of hydrogen-bond donors (Lipinski definition) is 2. The van der Waals surface area contributed by atoms with Gasteiger partial charge < -0.3 is 25.0 Å². The van der Waals surface area contributed by atoms with Crippen molar-refractivity contribution in [3.05, 3.63) is 35.0 Å². The molecule has 0 radical (unpaired) electrons. The van der Waals surface area contributed by atoms with Gasteiger partial charge in [-0.25, -0.2) is 0 Å². The van der Waals surface area contributed by atoms with E-state index < -0.39 is 12.7 Å². The zero-order chi connectivity index (χ0) is 19.4. The number of ether oxygens (including phenoxy) is 2.